The van der Waals surface area contributed by atoms with Crippen molar-refractivity contribution in [2.24, 2.45) is 0 Å². The molecule has 120 valence electrons. The highest BCUT2D eigenvalue weighted by Gasteiger charge is 2.21. The van der Waals surface area contributed by atoms with E-state index in [4.69, 9.17) is 4.74 Å². The monoisotopic (exact) mass is 331 g/mol. The third kappa shape index (κ3) is 2.73. The van der Waals surface area contributed by atoms with Crippen molar-refractivity contribution in [1.82, 2.24) is 24.0 Å². The number of nitrogens with zero attached hydrogens (tertiary/aromatic N) is 7. The maximum atomic E-state index is 5.08. The second-order valence-corrected chi connectivity index (χ2v) is 6.07. The lowest BCUT2D eigenvalue weighted by molar-refractivity contribution is 0.179. The number of rotatable bonds is 4. The fraction of sp³-hybridized carbons (Fsp3) is 0.429. The average Bonchev–Trinajstić information content (AvgIpc) is 3.24. The molecular weight excluding hydrogens is 314 g/mol. The number of piperazine rings is 1. The fourth-order valence-electron chi connectivity index (χ4n) is 2.78. The maximum Gasteiger partial charge on any atom is 0.205 e. The molecule has 0 saturated carbocycles. The first-order valence-corrected chi connectivity index (χ1v) is 8.22. The van der Waals surface area contributed by atoms with Gasteiger partial charge in [-0.3, -0.25) is 4.40 Å². The van der Waals surface area contributed by atoms with Crippen molar-refractivity contribution >= 4 is 28.1 Å². The van der Waals surface area contributed by atoms with E-state index in [9.17, 15) is 0 Å². The second kappa shape index (κ2) is 6.09. The molecule has 0 aliphatic carbocycles. The van der Waals surface area contributed by atoms with E-state index in [1.165, 1.54) is 11.5 Å². The van der Waals surface area contributed by atoms with Gasteiger partial charge in [0.15, 0.2) is 11.5 Å². The Morgan fingerprint density at radius 1 is 1.17 bits per heavy atom. The summed E-state index contributed by atoms with van der Waals surface area (Å²) in [7, 11) is 1.66. The number of aromatic nitrogens is 5. The molecule has 3 aromatic rings. The van der Waals surface area contributed by atoms with Crippen LogP contribution >= 0.6 is 11.5 Å². The van der Waals surface area contributed by atoms with Gasteiger partial charge in [0.1, 0.15) is 18.8 Å². The summed E-state index contributed by atoms with van der Waals surface area (Å²) in [5.74, 6) is 1.88. The van der Waals surface area contributed by atoms with Gasteiger partial charge in [0.05, 0.1) is 0 Å². The zero-order valence-corrected chi connectivity index (χ0v) is 13.6. The van der Waals surface area contributed by atoms with Crippen molar-refractivity contribution < 1.29 is 4.74 Å². The summed E-state index contributed by atoms with van der Waals surface area (Å²) in [6, 6.07) is 6.09. The Morgan fingerprint density at radius 2 is 2.00 bits per heavy atom. The van der Waals surface area contributed by atoms with Gasteiger partial charge in [-0.15, -0.1) is 10.2 Å². The largest absolute Gasteiger partial charge is 0.377 e. The van der Waals surface area contributed by atoms with Crippen LogP contribution in [0.2, 0.25) is 0 Å². The van der Waals surface area contributed by atoms with E-state index in [-0.39, 0.29) is 0 Å². The number of methoxy groups -OCH3 is 1. The molecule has 1 saturated heterocycles. The highest BCUT2D eigenvalue weighted by molar-refractivity contribution is 7.09. The maximum absolute atomic E-state index is 5.08. The molecular formula is C14H17N7OS. The number of hydrogen-bond acceptors (Lipinski definition) is 8. The molecule has 1 aliphatic heterocycles. The van der Waals surface area contributed by atoms with E-state index in [1.54, 1.807) is 13.4 Å². The van der Waals surface area contributed by atoms with E-state index < -0.39 is 0 Å². The van der Waals surface area contributed by atoms with Gasteiger partial charge in [-0.25, -0.2) is 4.98 Å². The van der Waals surface area contributed by atoms with Crippen LogP contribution in [0.25, 0.3) is 5.65 Å². The molecule has 0 radical (unpaired) electrons. The summed E-state index contributed by atoms with van der Waals surface area (Å²) in [5, 5.41) is 9.06. The minimum absolute atomic E-state index is 0.464. The normalized spacial score (nSPS) is 15.5. The number of anilines is 2. The van der Waals surface area contributed by atoms with Gasteiger partial charge in [0.25, 0.3) is 0 Å². The number of hydrogen-bond donors (Lipinski definition) is 0. The molecule has 0 bridgehead atoms. The highest BCUT2D eigenvalue weighted by atomic mass is 32.1. The van der Waals surface area contributed by atoms with Crippen molar-refractivity contribution in [2.45, 2.75) is 6.61 Å². The lowest BCUT2D eigenvalue weighted by Crippen LogP contribution is -2.47. The molecule has 8 nitrogen and oxygen atoms in total. The Hall–Kier alpha value is -2.26. The molecule has 0 aromatic carbocycles. The lowest BCUT2D eigenvalue weighted by Gasteiger charge is -2.35. The molecule has 9 heteroatoms. The van der Waals surface area contributed by atoms with Crippen LogP contribution in [0, 0.1) is 0 Å². The first-order chi connectivity index (χ1) is 11.3. The van der Waals surface area contributed by atoms with E-state index in [0.717, 1.165) is 48.6 Å². The molecule has 3 aromatic heterocycles. The standard InChI is InChI=1S/C14H17N7OS/c1-22-9-11-16-14(23-18-11)20-7-5-19(6-8-20)13-4-2-3-12-17-15-10-21(12)13/h2-4,10H,5-9H2,1H3. The molecule has 0 unspecified atom stereocenters. The zero-order valence-electron chi connectivity index (χ0n) is 12.8. The SMILES string of the molecule is COCc1nsc(N2CCN(c3cccc4nncn34)CC2)n1. The molecule has 23 heavy (non-hydrogen) atoms. The summed E-state index contributed by atoms with van der Waals surface area (Å²) >= 11 is 1.44. The van der Waals surface area contributed by atoms with Crippen LogP contribution < -0.4 is 9.80 Å². The van der Waals surface area contributed by atoms with Crippen molar-refractivity contribution in [1.29, 1.82) is 0 Å². The topological polar surface area (TPSA) is 71.7 Å². The Morgan fingerprint density at radius 3 is 2.83 bits per heavy atom. The molecule has 0 N–H and O–H groups in total. The van der Waals surface area contributed by atoms with Crippen LogP contribution in [0.3, 0.4) is 0 Å². The van der Waals surface area contributed by atoms with Gasteiger partial charge in [-0.05, 0) is 12.1 Å². The van der Waals surface area contributed by atoms with E-state index >= 15 is 0 Å². The van der Waals surface area contributed by atoms with E-state index in [0.29, 0.717) is 6.61 Å². The summed E-state index contributed by atoms with van der Waals surface area (Å²) in [6.45, 7) is 4.15. The van der Waals surface area contributed by atoms with E-state index in [1.807, 2.05) is 16.5 Å². The predicted molar refractivity (Wildman–Crippen MR) is 88.0 cm³/mol. The van der Waals surface area contributed by atoms with Gasteiger partial charge >= 0.3 is 0 Å². The van der Waals surface area contributed by atoms with Crippen LogP contribution in [0.1, 0.15) is 5.82 Å². The summed E-state index contributed by atoms with van der Waals surface area (Å²) in [4.78, 5) is 9.16. The van der Waals surface area contributed by atoms with Crippen molar-refractivity contribution in [3.8, 4) is 0 Å². The Kier molecular flexibility index (Phi) is 3.80. The third-order valence-corrected chi connectivity index (χ3v) is 4.73. The molecule has 4 rings (SSSR count). The Labute approximate surface area is 137 Å². The average molecular weight is 331 g/mol. The van der Waals surface area contributed by atoms with Crippen LogP contribution in [-0.2, 0) is 11.3 Å². The van der Waals surface area contributed by atoms with Gasteiger partial charge in [0, 0.05) is 44.8 Å². The predicted octanol–water partition coefficient (Wildman–Crippen LogP) is 1.05. The van der Waals surface area contributed by atoms with E-state index in [2.05, 4.69) is 35.4 Å². The quantitative estimate of drug-likeness (QED) is 0.707. The zero-order chi connectivity index (χ0) is 15.6. The molecule has 0 amide bonds. The first kappa shape index (κ1) is 14.3. The van der Waals surface area contributed by atoms with Gasteiger partial charge in [0.2, 0.25) is 5.13 Å². The van der Waals surface area contributed by atoms with Crippen molar-refractivity contribution in [3.63, 3.8) is 0 Å². The third-order valence-electron chi connectivity index (χ3n) is 3.92. The first-order valence-electron chi connectivity index (χ1n) is 7.45. The Balaban J connectivity index is 1.47. The number of pyridine rings is 1. The fourth-order valence-corrected chi connectivity index (χ4v) is 3.50. The van der Waals surface area contributed by atoms with Crippen LogP contribution in [0.4, 0.5) is 10.9 Å². The van der Waals surface area contributed by atoms with Crippen LogP contribution in [-0.4, -0.2) is 57.2 Å². The highest BCUT2D eigenvalue weighted by Crippen LogP contribution is 2.22. The van der Waals surface area contributed by atoms with Crippen molar-refractivity contribution in [2.75, 3.05) is 43.1 Å². The van der Waals surface area contributed by atoms with Gasteiger partial charge in [-0.2, -0.15) is 4.37 Å². The molecule has 1 fully saturated rings. The minimum Gasteiger partial charge on any atom is -0.377 e. The molecule has 0 atom stereocenters. The second-order valence-electron chi connectivity index (χ2n) is 5.34. The summed E-state index contributed by atoms with van der Waals surface area (Å²) < 4.78 is 11.4. The molecule has 0 spiro atoms. The molecule has 1 aliphatic rings. The van der Waals surface area contributed by atoms with Gasteiger partial charge in [-0.1, -0.05) is 6.07 Å². The Bertz CT molecular complexity index is 793. The lowest BCUT2D eigenvalue weighted by atomic mass is 10.3. The summed E-state index contributed by atoms with van der Waals surface area (Å²) in [5.41, 5.74) is 0.873. The number of ether oxygens (including phenoxy) is 1. The smallest absolute Gasteiger partial charge is 0.205 e. The van der Waals surface area contributed by atoms with Crippen LogP contribution in [0.5, 0.6) is 0 Å². The molecule has 4 heterocycles. The van der Waals surface area contributed by atoms with Gasteiger partial charge < -0.3 is 14.5 Å². The number of fused-ring (bicyclic) bond motifs is 1. The van der Waals surface area contributed by atoms with Crippen LogP contribution in [0.15, 0.2) is 24.5 Å². The van der Waals surface area contributed by atoms with Crippen molar-refractivity contribution in [3.05, 3.63) is 30.4 Å². The minimum atomic E-state index is 0.464. The summed E-state index contributed by atoms with van der Waals surface area (Å²) in [6.07, 6.45) is 1.76.